The van der Waals surface area contributed by atoms with E-state index in [1.807, 2.05) is 18.2 Å². The predicted octanol–water partition coefficient (Wildman–Crippen LogP) is 3.16. The summed E-state index contributed by atoms with van der Waals surface area (Å²) in [6.45, 7) is 0. The van der Waals surface area contributed by atoms with E-state index in [0.717, 1.165) is 38.5 Å². The van der Waals surface area contributed by atoms with Crippen molar-refractivity contribution in [3.63, 3.8) is 0 Å². The number of carbonyl (C=O) groups is 2. The summed E-state index contributed by atoms with van der Waals surface area (Å²) in [5.41, 5.74) is 1.23. The van der Waals surface area contributed by atoms with Crippen LogP contribution in [0.15, 0.2) is 30.3 Å². The van der Waals surface area contributed by atoms with Crippen LogP contribution < -0.4 is 5.32 Å². The van der Waals surface area contributed by atoms with Crippen molar-refractivity contribution in [1.29, 1.82) is 0 Å². The molecule has 0 spiro atoms. The zero-order valence-corrected chi connectivity index (χ0v) is 13.0. The zero-order chi connectivity index (χ0) is 15.8. The summed E-state index contributed by atoms with van der Waals surface area (Å²) >= 11 is 0. The number of nitrogens with one attached hydrogen (secondary N) is 1. The van der Waals surface area contributed by atoms with E-state index in [0.29, 0.717) is 12.8 Å². The van der Waals surface area contributed by atoms with Crippen molar-refractivity contribution in [2.45, 2.75) is 57.4 Å². The minimum atomic E-state index is -0.781. The molecule has 0 aromatic heterocycles. The number of hydrogen-bond donors (Lipinski definition) is 2. The monoisotopic (exact) mass is 303 g/mol. The molecule has 120 valence electrons. The summed E-state index contributed by atoms with van der Waals surface area (Å²) in [5, 5.41) is 12.3. The minimum absolute atomic E-state index is 0.0194. The van der Waals surface area contributed by atoms with Gasteiger partial charge in [-0.25, -0.2) is 0 Å². The first-order valence-corrected chi connectivity index (χ1v) is 8.23. The highest BCUT2D eigenvalue weighted by Gasteiger charge is 2.30. The fourth-order valence-electron chi connectivity index (χ4n) is 3.15. The molecule has 2 N–H and O–H groups in total. The molecule has 4 nitrogen and oxygen atoms in total. The second kappa shape index (κ2) is 8.57. The van der Waals surface area contributed by atoms with Gasteiger partial charge in [0.2, 0.25) is 5.91 Å². The molecule has 4 heteroatoms. The van der Waals surface area contributed by atoms with E-state index >= 15 is 0 Å². The first-order valence-electron chi connectivity index (χ1n) is 8.23. The molecule has 0 saturated heterocycles. The summed E-state index contributed by atoms with van der Waals surface area (Å²) in [7, 11) is 0. The lowest BCUT2D eigenvalue weighted by Crippen LogP contribution is -2.42. The molecule has 1 aromatic rings. The van der Waals surface area contributed by atoms with Gasteiger partial charge >= 0.3 is 5.97 Å². The lowest BCUT2D eigenvalue weighted by atomic mass is 9.94. The van der Waals surface area contributed by atoms with Crippen molar-refractivity contribution in [2.24, 2.45) is 5.92 Å². The van der Waals surface area contributed by atoms with Crippen LogP contribution >= 0.6 is 0 Å². The molecule has 1 aliphatic rings. The van der Waals surface area contributed by atoms with Crippen molar-refractivity contribution in [3.8, 4) is 0 Å². The van der Waals surface area contributed by atoms with Gasteiger partial charge in [0, 0.05) is 12.5 Å². The molecular weight excluding hydrogens is 278 g/mol. The smallest absolute Gasteiger partial charge is 0.308 e. The molecule has 2 atom stereocenters. The summed E-state index contributed by atoms with van der Waals surface area (Å²) in [6.07, 6.45) is 6.57. The van der Waals surface area contributed by atoms with Gasteiger partial charge in [-0.1, -0.05) is 49.6 Å². The van der Waals surface area contributed by atoms with Crippen LogP contribution in [0.5, 0.6) is 0 Å². The number of carboxylic acids is 1. The first-order chi connectivity index (χ1) is 10.7. The van der Waals surface area contributed by atoms with Gasteiger partial charge in [-0.05, 0) is 31.2 Å². The Hall–Kier alpha value is -1.84. The maximum atomic E-state index is 12.1. The van der Waals surface area contributed by atoms with E-state index in [4.69, 9.17) is 0 Å². The maximum Gasteiger partial charge on any atom is 0.308 e. The molecule has 0 radical (unpaired) electrons. The average Bonchev–Trinajstić information content (AvgIpc) is 2.74. The largest absolute Gasteiger partial charge is 0.481 e. The number of aliphatic carboxylic acids is 1. The zero-order valence-electron chi connectivity index (χ0n) is 13.0. The first kappa shape index (κ1) is 16.5. The summed E-state index contributed by atoms with van der Waals surface area (Å²) in [4.78, 5) is 23.4. The van der Waals surface area contributed by atoms with Crippen LogP contribution in [0.3, 0.4) is 0 Å². The Kier molecular flexibility index (Phi) is 6.44. The van der Waals surface area contributed by atoms with E-state index in [9.17, 15) is 14.7 Å². The van der Waals surface area contributed by atoms with E-state index in [2.05, 4.69) is 17.4 Å². The highest BCUT2D eigenvalue weighted by atomic mass is 16.4. The average molecular weight is 303 g/mol. The van der Waals surface area contributed by atoms with Crippen LogP contribution in [0.2, 0.25) is 0 Å². The predicted molar refractivity (Wildman–Crippen MR) is 85.5 cm³/mol. The number of carboxylic acid groups (broad SMARTS) is 1. The van der Waals surface area contributed by atoms with Crippen molar-refractivity contribution >= 4 is 11.9 Å². The van der Waals surface area contributed by atoms with Gasteiger partial charge in [0.15, 0.2) is 0 Å². The highest BCUT2D eigenvalue weighted by Crippen LogP contribution is 2.24. The summed E-state index contributed by atoms with van der Waals surface area (Å²) < 4.78 is 0. The molecule has 1 aliphatic carbocycles. The van der Waals surface area contributed by atoms with Gasteiger partial charge in [0.05, 0.1) is 5.92 Å². The van der Waals surface area contributed by atoms with E-state index in [-0.39, 0.29) is 11.9 Å². The number of hydrogen-bond acceptors (Lipinski definition) is 2. The number of carbonyl (C=O) groups excluding carboxylic acids is 1. The molecule has 0 heterocycles. The molecule has 1 fully saturated rings. The second-order valence-electron chi connectivity index (χ2n) is 6.10. The van der Waals surface area contributed by atoms with Crippen LogP contribution in [-0.2, 0) is 16.0 Å². The molecule has 1 amide bonds. The SMILES string of the molecule is O=C(CCCc1ccccc1)N[C@H]1CCCCC[C@H]1C(=O)O. The minimum Gasteiger partial charge on any atom is -0.481 e. The van der Waals surface area contributed by atoms with Crippen LogP contribution in [0.1, 0.15) is 50.5 Å². The Morgan fingerprint density at radius 1 is 1.09 bits per heavy atom. The Morgan fingerprint density at radius 2 is 1.82 bits per heavy atom. The Balaban J connectivity index is 1.78. The summed E-state index contributed by atoms with van der Waals surface area (Å²) in [5.74, 6) is -1.23. The Labute approximate surface area is 131 Å². The summed E-state index contributed by atoms with van der Waals surface area (Å²) in [6, 6.07) is 9.89. The number of aryl methyl sites for hydroxylation is 1. The molecule has 1 aromatic carbocycles. The van der Waals surface area contributed by atoms with Gasteiger partial charge < -0.3 is 10.4 Å². The quantitative estimate of drug-likeness (QED) is 0.793. The second-order valence-corrected chi connectivity index (χ2v) is 6.10. The van der Waals surface area contributed by atoms with Crippen molar-refractivity contribution in [1.82, 2.24) is 5.32 Å². The topological polar surface area (TPSA) is 66.4 Å². The fraction of sp³-hybridized carbons (Fsp3) is 0.556. The third kappa shape index (κ3) is 5.17. The van der Waals surface area contributed by atoms with E-state index < -0.39 is 11.9 Å². The third-order valence-electron chi connectivity index (χ3n) is 4.39. The van der Waals surface area contributed by atoms with Crippen LogP contribution in [-0.4, -0.2) is 23.0 Å². The van der Waals surface area contributed by atoms with Gasteiger partial charge in [0.25, 0.3) is 0 Å². The van der Waals surface area contributed by atoms with Gasteiger partial charge in [0.1, 0.15) is 0 Å². The molecule has 1 saturated carbocycles. The van der Waals surface area contributed by atoms with Gasteiger partial charge in [-0.3, -0.25) is 9.59 Å². The van der Waals surface area contributed by atoms with Crippen molar-refractivity contribution < 1.29 is 14.7 Å². The fourth-order valence-corrected chi connectivity index (χ4v) is 3.15. The van der Waals surface area contributed by atoms with Crippen molar-refractivity contribution in [2.75, 3.05) is 0 Å². The molecule has 22 heavy (non-hydrogen) atoms. The molecule has 0 aliphatic heterocycles. The lowest BCUT2D eigenvalue weighted by molar-refractivity contribution is -0.143. The normalized spacial score (nSPS) is 21.8. The molecular formula is C18H25NO3. The molecule has 0 unspecified atom stereocenters. The number of benzene rings is 1. The van der Waals surface area contributed by atoms with Crippen LogP contribution in [0, 0.1) is 5.92 Å². The Bertz CT molecular complexity index is 486. The lowest BCUT2D eigenvalue weighted by Gasteiger charge is -2.22. The van der Waals surface area contributed by atoms with E-state index in [1.54, 1.807) is 0 Å². The standard InChI is InChI=1S/C18H25NO3/c20-17(13-7-10-14-8-3-1-4-9-14)19-16-12-6-2-5-11-15(16)18(21)22/h1,3-4,8-9,15-16H,2,5-7,10-13H2,(H,19,20)(H,21,22)/t15-,16+/m1/s1. The maximum absolute atomic E-state index is 12.1. The molecule has 0 bridgehead atoms. The number of rotatable bonds is 6. The van der Waals surface area contributed by atoms with Crippen LogP contribution in [0.25, 0.3) is 0 Å². The van der Waals surface area contributed by atoms with E-state index in [1.165, 1.54) is 5.56 Å². The number of amides is 1. The third-order valence-corrected chi connectivity index (χ3v) is 4.39. The Morgan fingerprint density at radius 3 is 2.55 bits per heavy atom. The highest BCUT2D eigenvalue weighted by molar-refractivity contribution is 5.78. The van der Waals surface area contributed by atoms with Crippen LogP contribution in [0.4, 0.5) is 0 Å². The van der Waals surface area contributed by atoms with Gasteiger partial charge in [-0.15, -0.1) is 0 Å². The molecule has 2 rings (SSSR count). The van der Waals surface area contributed by atoms with Gasteiger partial charge in [-0.2, -0.15) is 0 Å². The van der Waals surface area contributed by atoms with Crippen molar-refractivity contribution in [3.05, 3.63) is 35.9 Å².